The van der Waals surface area contributed by atoms with E-state index < -0.39 is 12.1 Å². The fraction of sp³-hybridized carbons (Fsp3) is 0.478. The summed E-state index contributed by atoms with van der Waals surface area (Å²) in [5, 5.41) is 13.4. The largest absolute Gasteiger partial charge is 0.496 e. The molecular formula is C23H28ClF3N6O3. The Hall–Kier alpha value is -3.12. The Bertz CT molecular complexity index is 1270. The lowest BCUT2D eigenvalue weighted by Gasteiger charge is -2.40. The minimum atomic E-state index is -5.08. The van der Waals surface area contributed by atoms with E-state index in [-0.39, 0.29) is 6.04 Å². The third-order valence-electron chi connectivity index (χ3n) is 6.32. The topological polar surface area (TPSA) is 119 Å². The van der Waals surface area contributed by atoms with Crippen molar-refractivity contribution in [3.63, 3.8) is 0 Å². The first kappa shape index (κ1) is 27.5. The predicted octanol–water partition coefficient (Wildman–Crippen LogP) is 4.35. The summed E-state index contributed by atoms with van der Waals surface area (Å²) in [5.74, 6) is -1.01. The predicted molar refractivity (Wildman–Crippen MR) is 130 cm³/mol. The van der Waals surface area contributed by atoms with Crippen LogP contribution in [0.2, 0.25) is 5.02 Å². The fourth-order valence-corrected chi connectivity index (χ4v) is 4.60. The molecule has 0 saturated carbocycles. The van der Waals surface area contributed by atoms with E-state index in [0.717, 1.165) is 52.6 Å². The number of nitrogen functional groups attached to an aromatic ring is 1. The number of ether oxygens (including phenoxy) is 1. The molecule has 3 aromatic rings. The minimum absolute atomic E-state index is 0.130. The van der Waals surface area contributed by atoms with Crippen molar-refractivity contribution in [2.45, 2.75) is 45.8 Å². The molecule has 36 heavy (non-hydrogen) atoms. The first-order valence-corrected chi connectivity index (χ1v) is 11.5. The number of benzene rings is 1. The Morgan fingerprint density at radius 2 is 1.94 bits per heavy atom. The highest BCUT2D eigenvalue weighted by molar-refractivity contribution is 6.31. The standard InChI is InChI=1S/C21H27ClN6O.C2HF3O2/c1-6-27-8-14(9-27)17-11(2)16(22)7-15(19(17)29-5)13(4)28-21-18(12(3)26-28)20(23)24-10-25-21;3-2(4,5)1(6)7/h7,10,13-14H,6,8-9H2,1-5H3,(H2,23,24,25);(H,6,7). The number of aryl methyl sites for hydroxylation is 1. The molecule has 2 aromatic heterocycles. The number of aliphatic carboxylic acids is 1. The number of carboxylic acid groups (broad SMARTS) is 1. The van der Waals surface area contributed by atoms with E-state index in [1.165, 1.54) is 11.9 Å². The van der Waals surface area contributed by atoms with Gasteiger partial charge in [0.25, 0.3) is 0 Å². The summed E-state index contributed by atoms with van der Waals surface area (Å²) in [4.78, 5) is 19.9. The number of anilines is 1. The van der Waals surface area contributed by atoms with Gasteiger partial charge in [-0.15, -0.1) is 0 Å². The Morgan fingerprint density at radius 1 is 1.33 bits per heavy atom. The van der Waals surface area contributed by atoms with Crippen LogP contribution in [-0.2, 0) is 4.79 Å². The lowest BCUT2D eigenvalue weighted by molar-refractivity contribution is -0.192. The zero-order valence-electron chi connectivity index (χ0n) is 20.5. The molecule has 0 radical (unpaired) electrons. The molecule has 13 heteroatoms. The third kappa shape index (κ3) is 5.19. The number of aromatic nitrogens is 4. The number of likely N-dealkylation sites (N-methyl/N-ethyl adjacent to an activating group) is 1. The van der Waals surface area contributed by atoms with Gasteiger partial charge in [-0.1, -0.05) is 18.5 Å². The first-order chi connectivity index (χ1) is 16.8. The lowest BCUT2D eigenvalue weighted by atomic mass is 9.85. The smallest absolute Gasteiger partial charge is 0.490 e. The second-order valence-corrected chi connectivity index (χ2v) is 8.94. The Morgan fingerprint density at radius 3 is 2.47 bits per heavy atom. The highest BCUT2D eigenvalue weighted by Gasteiger charge is 2.38. The summed E-state index contributed by atoms with van der Waals surface area (Å²) in [5.41, 5.74) is 10.9. The van der Waals surface area contributed by atoms with E-state index >= 15 is 0 Å². The van der Waals surface area contributed by atoms with Crippen LogP contribution in [0, 0.1) is 13.8 Å². The normalized spacial score (nSPS) is 15.2. The summed E-state index contributed by atoms with van der Waals surface area (Å²) in [6, 6.07) is 1.86. The molecule has 1 aromatic carbocycles. The van der Waals surface area contributed by atoms with Gasteiger partial charge in [0.2, 0.25) is 0 Å². The van der Waals surface area contributed by atoms with Crippen LogP contribution in [0.4, 0.5) is 19.0 Å². The molecule has 1 fully saturated rings. The molecular weight excluding hydrogens is 501 g/mol. The van der Waals surface area contributed by atoms with Crippen LogP contribution in [0.3, 0.4) is 0 Å². The summed E-state index contributed by atoms with van der Waals surface area (Å²) >= 11 is 6.68. The van der Waals surface area contributed by atoms with Gasteiger partial charge in [0.05, 0.1) is 24.2 Å². The highest BCUT2D eigenvalue weighted by atomic mass is 35.5. The lowest BCUT2D eigenvalue weighted by Crippen LogP contribution is -2.45. The number of fused-ring (bicyclic) bond motifs is 1. The van der Waals surface area contributed by atoms with E-state index in [1.807, 2.05) is 17.7 Å². The molecule has 196 valence electrons. The number of carboxylic acids is 1. The zero-order chi connectivity index (χ0) is 26.9. The maximum Gasteiger partial charge on any atom is 0.490 e. The maximum atomic E-state index is 10.6. The Labute approximate surface area is 211 Å². The van der Waals surface area contributed by atoms with Crippen molar-refractivity contribution in [1.82, 2.24) is 24.6 Å². The molecule has 1 unspecified atom stereocenters. The van der Waals surface area contributed by atoms with E-state index in [9.17, 15) is 13.2 Å². The number of likely N-dealkylation sites (tertiary alicyclic amines) is 1. The summed E-state index contributed by atoms with van der Waals surface area (Å²) in [7, 11) is 1.73. The van der Waals surface area contributed by atoms with Crippen molar-refractivity contribution in [2.75, 3.05) is 32.5 Å². The second kappa shape index (κ2) is 10.5. The van der Waals surface area contributed by atoms with Crippen LogP contribution in [0.15, 0.2) is 12.4 Å². The third-order valence-corrected chi connectivity index (χ3v) is 6.71. The average Bonchev–Trinajstić information content (AvgIpc) is 3.12. The van der Waals surface area contributed by atoms with E-state index in [1.54, 1.807) is 7.11 Å². The Balaban J connectivity index is 0.000000454. The van der Waals surface area contributed by atoms with Crippen molar-refractivity contribution in [2.24, 2.45) is 0 Å². The van der Waals surface area contributed by atoms with Gasteiger partial charge in [0, 0.05) is 35.2 Å². The minimum Gasteiger partial charge on any atom is -0.496 e. The molecule has 1 atom stereocenters. The molecule has 4 rings (SSSR count). The number of rotatable bonds is 5. The Kier molecular flexibility index (Phi) is 7.99. The van der Waals surface area contributed by atoms with Gasteiger partial charge in [-0.2, -0.15) is 18.3 Å². The highest BCUT2D eigenvalue weighted by Crippen LogP contribution is 2.44. The molecule has 0 bridgehead atoms. The van der Waals surface area contributed by atoms with Gasteiger partial charge in [-0.3, -0.25) is 0 Å². The van der Waals surface area contributed by atoms with Crippen LogP contribution in [0.1, 0.15) is 48.2 Å². The maximum absolute atomic E-state index is 10.6. The van der Waals surface area contributed by atoms with Crippen molar-refractivity contribution in [3.05, 3.63) is 39.8 Å². The monoisotopic (exact) mass is 528 g/mol. The van der Waals surface area contributed by atoms with Crippen LogP contribution in [0.5, 0.6) is 5.75 Å². The average molecular weight is 529 g/mol. The number of alkyl halides is 3. The van der Waals surface area contributed by atoms with Gasteiger partial charge >= 0.3 is 12.1 Å². The van der Waals surface area contributed by atoms with Crippen molar-refractivity contribution in [1.29, 1.82) is 0 Å². The molecule has 0 aliphatic carbocycles. The van der Waals surface area contributed by atoms with Crippen molar-refractivity contribution >= 4 is 34.4 Å². The molecule has 1 aliphatic rings. The zero-order valence-corrected chi connectivity index (χ0v) is 21.3. The van der Waals surface area contributed by atoms with Gasteiger partial charge in [0.15, 0.2) is 5.65 Å². The van der Waals surface area contributed by atoms with Crippen LogP contribution >= 0.6 is 11.6 Å². The number of hydrogen-bond donors (Lipinski definition) is 2. The number of hydrogen-bond acceptors (Lipinski definition) is 7. The van der Waals surface area contributed by atoms with Crippen LogP contribution < -0.4 is 10.5 Å². The van der Waals surface area contributed by atoms with Gasteiger partial charge < -0.3 is 20.5 Å². The number of nitrogens with zero attached hydrogens (tertiary/aromatic N) is 5. The second-order valence-electron chi connectivity index (χ2n) is 8.54. The summed E-state index contributed by atoms with van der Waals surface area (Å²) < 4.78 is 39.6. The van der Waals surface area contributed by atoms with E-state index in [0.29, 0.717) is 17.4 Å². The SMILES string of the molecule is CCN1CC(c2c(C)c(Cl)cc(C(C)n3nc(C)c4c(N)ncnc43)c2OC)C1.O=C(O)C(F)(F)F. The molecule has 3 N–H and O–H groups in total. The number of nitrogens with two attached hydrogens (primary N) is 1. The van der Waals surface area contributed by atoms with Crippen LogP contribution in [0.25, 0.3) is 11.0 Å². The molecule has 3 heterocycles. The number of carbonyl (C=O) groups is 1. The summed E-state index contributed by atoms with van der Waals surface area (Å²) in [6.45, 7) is 11.4. The van der Waals surface area contributed by atoms with Crippen molar-refractivity contribution in [3.8, 4) is 5.75 Å². The van der Waals surface area contributed by atoms with Crippen molar-refractivity contribution < 1.29 is 27.8 Å². The van der Waals surface area contributed by atoms with E-state index in [2.05, 4.69) is 35.6 Å². The number of methoxy groups -OCH3 is 1. The van der Waals surface area contributed by atoms with E-state index in [4.69, 9.17) is 37.1 Å². The first-order valence-electron chi connectivity index (χ1n) is 11.2. The van der Waals surface area contributed by atoms with Crippen LogP contribution in [-0.4, -0.2) is 68.6 Å². The fourth-order valence-electron chi connectivity index (χ4n) is 4.38. The molecule has 0 spiro atoms. The van der Waals surface area contributed by atoms with Gasteiger partial charge in [-0.25, -0.2) is 19.4 Å². The molecule has 1 aliphatic heterocycles. The summed E-state index contributed by atoms with van der Waals surface area (Å²) in [6.07, 6.45) is -3.61. The quantitative estimate of drug-likeness (QED) is 0.501. The molecule has 0 amide bonds. The molecule has 1 saturated heterocycles. The van der Waals surface area contributed by atoms with Gasteiger partial charge in [0.1, 0.15) is 17.9 Å². The number of halogens is 4. The molecule has 9 nitrogen and oxygen atoms in total. The van der Waals surface area contributed by atoms with Gasteiger partial charge in [-0.05, 0) is 38.9 Å².